The highest BCUT2D eigenvalue weighted by Crippen LogP contribution is 2.16. The molecule has 0 spiro atoms. The van der Waals surface area contributed by atoms with Crippen molar-refractivity contribution >= 4 is 17.9 Å². The zero-order chi connectivity index (χ0) is 52.2. The van der Waals surface area contributed by atoms with E-state index in [-0.39, 0.29) is 31.1 Å². The Kier molecular flexibility index (Phi) is 57.8. The van der Waals surface area contributed by atoms with Gasteiger partial charge in [0.15, 0.2) is 6.10 Å². The predicted molar refractivity (Wildman–Crippen MR) is 311 cm³/mol. The standard InChI is InChI=1S/C66H116O6/c1-4-7-10-13-16-19-22-25-27-28-29-30-31-32-33-34-35-36-37-38-40-41-44-47-50-53-56-59-65(68)71-62-63(61-70-64(67)58-55-52-49-46-43-24-21-18-15-12-9-6-3)72-66(69)60-57-54-51-48-45-42-39-26-23-20-17-14-11-8-5-2/h7,10,16,19,25-27,29-30,32-33,39,63H,4-6,8-9,11-15,17-18,20-24,28,31,34-38,40-62H2,1-3H3/b10-7-,19-16-,27-25-,30-29-,33-32-,39-26-. The molecule has 0 aromatic heterocycles. The van der Waals surface area contributed by atoms with Crippen molar-refractivity contribution in [3.8, 4) is 0 Å². The number of hydrogen-bond donors (Lipinski definition) is 0. The number of allylic oxidation sites excluding steroid dienone is 12. The van der Waals surface area contributed by atoms with Gasteiger partial charge in [0.2, 0.25) is 0 Å². The van der Waals surface area contributed by atoms with E-state index in [9.17, 15) is 14.4 Å². The van der Waals surface area contributed by atoms with Crippen LogP contribution in [0.25, 0.3) is 0 Å². The molecule has 0 aliphatic carbocycles. The van der Waals surface area contributed by atoms with Crippen LogP contribution in [0.2, 0.25) is 0 Å². The summed E-state index contributed by atoms with van der Waals surface area (Å²) in [5, 5.41) is 0. The van der Waals surface area contributed by atoms with Crippen LogP contribution in [0.15, 0.2) is 72.9 Å². The number of ether oxygens (including phenoxy) is 3. The molecule has 1 unspecified atom stereocenters. The Labute approximate surface area is 446 Å². The summed E-state index contributed by atoms with van der Waals surface area (Å²) in [5.41, 5.74) is 0. The van der Waals surface area contributed by atoms with Crippen molar-refractivity contribution in [2.75, 3.05) is 13.2 Å². The number of unbranched alkanes of at least 4 members (excludes halogenated alkanes) is 33. The molecule has 0 aromatic carbocycles. The molecule has 72 heavy (non-hydrogen) atoms. The zero-order valence-electron chi connectivity index (χ0n) is 47.7. The molecular weight excluding hydrogens is 889 g/mol. The van der Waals surface area contributed by atoms with E-state index < -0.39 is 6.10 Å². The van der Waals surface area contributed by atoms with Crippen LogP contribution in [0, 0.1) is 0 Å². The first-order chi connectivity index (χ1) is 35.5. The Bertz CT molecular complexity index is 1340. The number of hydrogen-bond acceptors (Lipinski definition) is 6. The van der Waals surface area contributed by atoms with E-state index in [1.54, 1.807) is 0 Å². The van der Waals surface area contributed by atoms with Gasteiger partial charge in [-0.1, -0.05) is 273 Å². The van der Waals surface area contributed by atoms with Crippen molar-refractivity contribution in [2.45, 2.75) is 316 Å². The normalized spacial score (nSPS) is 12.5. The third-order valence-corrected chi connectivity index (χ3v) is 13.4. The number of carbonyl (C=O) groups excluding carboxylic acids is 3. The third-order valence-electron chi connectivity index (χ3n) is 13.4. The van der Waals surface area contributed by atoms with Gasteiger partial charge in [0.25, 0.3) is 0 Å². The number of esters is 3. The second-order valence-electron chi connectivity index (χ2n) is 20.6. The van der Waals surface area contributed by atoms with Gasteiger partial charge in [-0.3, -0.25) is 14.4 Å². The summed E-state index contributed by atoms with van der Waals surface area (Å²) < 4.78 is 16.9. The van der Waals surface area contributed by atoms with Crippen molar-refractivity contribution < 1.29 is 28.6 Å². The van der Waals surface area contributed by atoms with Crippen LogP contribution >= 0.6 is 0 Å². The lowest BCUT2D eigenvalue weighted by Gasteiger charge is -2.18. The van der Waals surface area contributed by atoms with Crippen LogP contribution < -0.4 is 0 Å². The molecular formula is C66H116O6. The summed E-state index contributed by atoms with van der Waals surface area (Å²) in [6.45, 7) is 6.54. The van der Waals surface area contributed by atoms with E-state index >= 15 is 0 Å². The summed E-state index contributed by atoms with van der Waals surface area (Å²) in [5.74, 6) is -0.875. The van der Waals surface area contributed by atoms with Crippen LogP contribution in [-0.4, -0.2) is 37.2 Å². The molecule has 0 fully saturated rings. The lowest BCUT2D eigenvalue weighted by molar-refractivity contribution is -0.167. The lowest BCUT2D eigenvalue weighted by atomic mass is 10.0. The molecule has 0 heterocycles. The fourth-order valence-corrected chi connectivity index (χ4v) is 8.82. The van der Waals surface area contributed by atoms with Gasteiger partial charge in [-0.25, -0.2) is 0 Å². The SMILES string of the molecule is CC/C=C\C/C=C\C/C=C\C/C=C\C/C=C\CCCCCCCCCCCCCC(=O)OCC(COC(=O)CCCCCCCCCCCCCC)OC(=O)CCCCCCC/C=C\CCCCCCCC. The monoisotopic (exact) mass is 1000 g/mol. The average molecular weight is 1010 g/mol. The van der Waals surface area contributed by atoms with E-state index in [2.05, 4.69) is 93.7 Å². The Morgan fingerprint density at radius 3 is 0.861 bits per heavy atom. The van der Waals surface area contributed by atoms with E-state index in [0.29, 0.717) is 19.3 Å². The predicted octanol–water partition coefficient (Wildman–Crippen LogP) is 20.9. The van der Waals surface area contributed by atoms with Crippen LogP contribution in [-0.2, 0) is 28.6 Å². The molecule has 6 heteroatoms. The molecule has 0 N–H and O–H groups in total. The van der Waals surface area contributed by atoms with Gasteiger partial charge >= 0.3 is 17.9 Å². The van der Waals surface area contributed by atoms with Crippen LogP contribution in [0.5, 0.6) is 0 Å². The molecule has 0 aromatic rings. The Morgan fingerprint density at radius 1 is 0.292 bits per heavy atom. The van der Waals surface area contributed by atoms with Crippen molar-refractivity contribution in [1.29, 1.82) is 0 Å². The minimum absolute atomic E-state index is 0.0758. The van der Waals surface area contributed by atoms with Crippen molar-refractivity contribution in [3.63, 3.8) is 0 Å². The molecule has 0 aliphatic heterocycles. The van der Waals surface area contributed by atoms with E-state index in [1.807, 2.05) is 0 Å². The minimum Gasteiger partial charge on any atom is -0.462 e. The summed E-state index contributed by atoms with van der Waals surface area (Å²) in [7, 11) is 0. The van der Waals surface area contributed by atoms with Gasteiger partial charge in [-0.05, 0) is 89.9 Å². The molecule has 0 bridgehead atoms. The van der Waals surface area contributed by atoms with Gasteiger partial charge in [0.1, 0.15) is 13.2 Å². The van der Waals surface area contributed by atoms with Gasteiger partial charge in [-0.2, -0.15) is 0 Å². The van der Waals surface area contributed by atoms with Crippen LogP contribution in [0.1, 0.15) is 310 Å². The molecule has 6 nitrogen and oxygen atoms in total. The van der Waals surface area contributed by atoms with Crippen LogP contribution in [0.4, 0.5) is 0 Å². The molecule has 0 radical (unpaired) electrons. The highest BCUT2D eigenvalue weighted by molar-refractivity contribution is 5.71. The number of carbonyl (C=O) groups is 3. The van der Waals surface area contributed by atoms with Gasteiger partial charge in [0.05, 0.1) is 0 Å². The van der Waals surface area contributed by atoms with Crippen LogP contribution in [0.3, 0.4) is 0 Å². The lowest BCUT2D eigenvalue weighted by Crippen LogP contribution is -2.30. The first-order valence-corrected chi connectivity index (χ1v) is 30.9. The second kappa shape index (κ2) is 60.4. The van der Waals surface area contributed by atoms with E-state index in [1.165, 1.54) is 173 Å². The number of rotatable bonds is 56. The maximum Gasteiger partial charge on any atom is 0.306 e. The largest absolute Gasteiger partial charge is 0.462 e. The first-order valence-electron chi connectivity index (χ1n) is 30.9. The molecule has 416 valence electrons. The quantitative estimate of drug-likeness (QED) is 0.0261. The molecule has 1 atom stereocenters. The summed E-state index contributed by atoms with van der Waals surface area (Å²) in [4.78, 5) is 38.2. The maximum atomic E-state index is 12.9. The first kappa shape index (κ1) is 68.8. The smallest absolute Gasteiger partial charge is 0.306 e. The highest BCUT2D eigenvalue weighted by Gasteiger charge is 2.19. The van der Waals surface area contributed by atoms with E-state index in [0.717, 1.165) is 96.3 Å². The second-order valence-corrected chi connectivity index (χ2v) is 20.6. The van der Waals surface area contributed by atoms with Gasteiger partial charge in [0, 0.05) is 19.3 Å². The third kappa shape index (κ3) is 57.7. The molecule has 0 rings (SSSR count). The maximum absolute atomic E-state index is 12.9. The van der Waals surface area contributed by atoms with Gasteiger partial charge < -0.3 is 14.2 Å². The fraction of sp³-hybridized carbons (Fsp3) is 0.773. The molecule has 0 aliphatic rings. The Hall–Kier alpha value is -3.15. The minimum atomic E-state index is -0.778. The summed E-state index contributed by atoms with van der Waals surface area (Å²) in [6, 6.07) is 0. The molecule has 0 saturated heterocycles. The summed E-state index contributed by atoms with van der Waals surface area (Å²) in [6.07, 6.45) is 77.6. The fourth-order valence-electron chi connectivity index (χ4n) is 8.82. The molecule has 0 saturated carbocycles. The van der Waals surface area contributed by atoms with Crippen molar-refractivity contribution in [2.24, 2.45) is 0 Å². The Balaban J connectivity index is 4.25. The zero-order valence-corrected chi connectivity index (χ0v) is 47.7. The van der Waals surface area contributed by atoms with Gasteiger partial charge in [-0.15, -0.1) is 0 Å². The average Bonchev–Trinajstić information content (AvgIpc) is 3.38. The topological polar surface area (TPSA) is 78.9 Å². The van der Waals surface area contributed by atoms with Crippen molar-refractivity contribution in [3.05, 3.63) is 72.9 Å². The van der Waals surface area contributed by atoms with E-state index in [4.69, 9.17) is 14.2 Å². The van der Waals surface area contributed by atoms with Crippen molar-refractivity contribution in [1.82, 2.24) is 0 Å². The molecule has 0 amide bonds. The Morgan fingerprint density at radius 2 is 0.542 bits per heavy atom. The highest BCUT2D eigenvalue weighted by atomic mass is 16.6. The summed E-state index contributed by atoms with van der Waals surface area (Å²) >= 11 is 0.